The quantitative estimate of drug-likeness (QED) is 0.579. The molecular formula is C11H12N2O4. The maximum atomic E-state index is 12.0. The second-order valence-electron chi connectivity index (χ2n) is 3.76. The van der Waals surface area contributed by atoms with E-state index in [1.807, 2.05) is 0 Å². The monoisotopic (exact) mass is 236 g/mol. The molecule has 1 aliphatic heterocycles. The Hall–Kier alpha value is -1.95. The number of rotatable bonds is 2. The first-order valence-electron chi connectivity index (χ1n) is 5.38. The van der Waals surface area contributed by atoms with E-state index in [4.69, 9.17) is 4.84 Å². The predicted octanol–water partition coefficient (Wildman–Crippen LogP) is 1.76. The lowest BCUT2D eigenvalue weighted by Crippen LogP contribution is -2.35. The maximum absolute atomic E-state index is 12.0. The predicted molar refractivity (Wildman–Crippen MR) is 59.3 cm³/mol. The molecule has 0 radical (unpaired) electrons. The first kappa shape index (κ1) is 11.5. The van der Waals surface area contributed by atoms with Gasteiger partial charge in [-0.1, -0.05) is 6.07 Å². The highest BCUT2D eigenvalue weighted by Gasteiger charge is 2.20. The van der Waals surface area contributed by atoms with Crippen LogP contribution in [0.2, 0.25) is 0 Å². The number of nitrogens with zero attached hydrogens (tertiary/aromatic N) is 2. The Morgan fingerprint density at radius 3 is 2.88 bits per heavy atom. The zero-order chi connectivity index (χ0) is 12.3. The highest BCUT2D eigenvalue weighted by atomic mass is 16.7. The Morgan fingerprint density at radius 1 is 1.41 bits per heavy atom. The van der Waals surface area contributed by atoms with Gasteiger partial charge < -0.3 is 0 Å². The van der Waals surface area contributed by atoms with E-state index in [1.165, 1.54) is 23.3 Å². The van der Waals surface area contributed by atoms with Gasteiger partial charge in [0, 0.05) is 24.2 Å². The van der Waals surface area contributed by atoms with E-state index < -0.39 is 4.92 Å². The van der Waals surface area contributed by atoms with Gasteiger partial charge in [-0.25, -0.2) is 5.06 Å². The summed E-state index contributed by atoms with van der Waals surface area (Å²) in [6.07, 6.45) is 1.82. The fraction of sp³-hybridized carbons (Fsp3) is 0.364. The normalized spacial score (nSPS) is 15.6. The second kappa shape index (κ2) is 4.92. The summed E-state index contributed by atoms with van der Waals surface area (Å²) in [7, 11) is 0. The van der Waals surface area contributed by atoms with E-state index in [-0.39, 0.29) is 17.2 Å². The maximum Gasteiger partial charge on any atom is 0.277 e. The average molecular weight is 236 g/mol. The molecule has 1 heterocycles. The first-order valence-corrected chi connectivity index (χ1v) is 5.38. The molecule has 0 N–H and O–H groups in total. The Balaban J connectivity index is 2.18. The summed E-state index contributed by atoms with van der Waals surface area (Å²) in [5.41, 5.74) is 0.189. The molecular weight excluding hydrogens is 224 g/mol. The lowest BCUT2D eigenvalue weighted by Gasteiger charge is -2.25. The molecule has 90 valence electrons. The van der Waals surface area contributed by atoms with E-state index in [1.54, 1.807) is 6.07 Å². The summed E-state index contributed by atoms with van der Waals surface area (Å²) >= 11 is 0. The molecule has 6 heteroatoms. The van der Waals surface area contributed by atoms with Crippen molar-refractivity contribution in [1.29, 1.82) is 0 Å². The smallest absolute Gasteiger partial charge is 0.271 e. The number of benzene rings is 1. The molecule has 17 heavy (non-hydrogen) atoms. The van der Waals surface area contributed by atoms with Crippen LogP contribution in [-0.2, 0) is 4.84 Å². The largest absolute Gasteiger partial charge is 0.277 e. The Labute approximate surface area is 97.9 Å². The molecule has 1 aromatic rings. The summed E-state index contributed by atoms with van der Waals surface area (Å²) in [6.45, 7) is 1.04. The number of nitro groups is 1. The van der Waals surface area contributed by atoms with Crippen LogP contribution in [0.15, 0.2) is 24.3 Å². The summed E-state index contributed by atoms with van der Waals surface area (Å²) in [5.74, 6) is -0.326. The molecule has 6 nitrogen and oxygen atoms in total. The van der Waals surface area contributed by atoms with E-state index in [0.29, 0.717) is 13.2 Å². The number of carbonyl (C=O) groups excluding carboxylic acids is 1. The topological polar surface area (TPSA) is 72.7 Å². The zero-order valence-electron chi connectivity index (χ0n) is 9.17. The van der Waals surface area contributed by atoms with Crippen LogP contribution >= 0.6 is 0 Å². The van der Waals surface area contributed by atoms with Crippen LogP contribution in [-0.4, -0.2) is 29.0 Å². The molecule has 0 aliphatic carbocycles. The number of nitro benzene ring substituents is 1. The zero-order valence-corrected chi connectivity index (χ0v) is 9.17. The van der Waals surface area contributed by atoms with Gasteiger partial charge >= 0.3 is 0 Å². The van der Waals surface area contributed by atoms with Gasteiger partial charge in [-0.3, -0.25) is 19.7 Å². The average Bonchev–Trinajstić information content (AvgIpc) is 2.39. The van der Waals surface area contributed by atoms with Crippen LogP contribution in [0.1, 0.15) is 23.2 Å². The van der Waals surface area contributed by atoms with Gasteiger partial charge in [0.15, 0.2) is 0 Å². The fourth-order valence-corrected chi connectivity index (χ4v) is 1.65. The van der Waals surface area contributed by atoms with Crippen LogP contribution < -0.4 is 0 Å². The third-order valence-corrected chi connectivity index (χ3v) is 2.53. The van der Waals surface area contributed by atoms with Crippen LogP contribution in [0.3, 0.4) is 0 Å². The molecule has 0 spiro atoms. The lowest BCUT2D eigenvalue weighted by molar-refractivity contribution is -0.384. The van der Waals surface area contributed by atoms with Crippen molar-refractivity contribution in [2.45, 2.75) is 12.8 Å². The van der Waals surface area contributed by atoms with Gasteiger partial charge in [0.1, 0.15) is 0 Å². The van der Waals surface area contributed by atoms with Crippen molar-refractivity contribution >= 4 is 11.6 Å². The lowest BCUT2D eigenvalue weighted by atomic mass is 10.2. The molecule has 2 rings (SSSR count). The van der Waals surface area contributed by atoms with Gasteiger partial charge in [0.25, 0.3) is 11.6 Å². The van der Waals surface area contributed by atoms with E-state index in [0.717, 1.165) is 12.8 Å². The molecule has 1 fully saturated rings. The summed E-state index contributed by atoms with van der Waals surface area (Å²) < 4.78 is 0. The number of hydrogen-bond donors (Lipinski definition) is 0. The molecule has 1 saturated heterocycles. The second-order valence-corrected chi connectivity index (χ2v) is 3.76. The molecule has 0 bridgehead atoms. The van der Waals surface area contributed by atoms with Gasteiger partial charge in [0.2, 0.25) is 0 Å². The number of hydrogen-bond acceptors (Lipinski definition) is 4. The van der Waals surface area contributed by atoms with Crippen molar-refractivity contribution < 1.29 is 14.6 Å². The van der Waals surface area contributed by atoms with E-state index in [2.05, 4.69) is 0 Å². The highest BCUT2D eigenvalue weighted by molar-refractivity contribution is 5.94. The number of hydroxylamine groups is 2. The molecule has 1 aromatic carbocycles. The van der Waals surface area contributed by atoms with E-state index >= 15 is 0 Å². The molecule has 1 aliphatic rings. The minimum Gasteiger partial charge on any atom is -0.271 e. The summed E-state index contributed by atoms with van der Waals surface area (Å²) in [5, 5.41) is 11.9. The van der Waals surface area contributed by atoms with Crippen molar-refractivity contribution in [3.63, 3.8) is 0 Å². The van der Waals surface area contributed by atoms with Crippen molar-refractivity contribution in [2.24, 2.45) is 0 Å². The molecule has 0 aromatic heterocycles. The van der Waals surface area contributed by atoms with Crippen molar-refractivity contribution in [2.75, 3.05) is 13.2 Å². The molecule has 1 amide bonds. The SMILES string of the molecule is O=C(c1cccc([N+](=O)[O-])c1)N1CCCCO1. The third-order valence-electron chi connectivity index (χ3n) is 2.53. The minimum atomic E-state index is -0.520. The highest BCUT2D eigenvalue weighted by Crippen LogP contribution is 2.16. The van der Waals surface area contributed by atoms with E-state index in [9.17, 15) is 14.9 Å². The van der Waals surface area contributed by atoms with Crippen LogP contribution in [0.4, 0.5) is 5.69 Å². The Morgan fingerprint density at radius 2 is 2.24 bits per heavy atom. The van der Waals surface area contributed by atoms with Crippen LogP contribution in [0.25, 0.3) is 0 Å². The minimum absolute atomic E-state index is 0.0899. The van der Waals surface area contributed by atoms with Gasteiger partial charge in [-0.15, -0.1) is 0 Å². The summed E-state index contributed by atoms with van der Waals surface area (Å²) in [4.78, 5) is 27.2. The number of non-ortho nitro benzene ring substituents is 1. The van der Waals surface area contributed by atoms with Crippen LogP contribution in [0, 0.1) is 10.1 Å². The standard InChI is InChI=1S/C11H12N2O4/c14-11(12-6-1-2-7-17-12)9-4-3-5-10(8-9)13(15)16/h3-5,8H,1-2,6-7H2. The fourth-order valence-electron chi connectivity index (χ4n) is 1.65. The van der Waals surface area contributed by atoms with Gasteiger partial charge in [-0.05, 0) is 18.9 Å². The Bertz CT molecular complexity index is 441. The summed E-state index contributed by atoms with van der Waals surface area (Å²) in [6, 6.07) is 5.66. The molecule has 0 atom stereocenters. The first-order chi connectivity index (χ1) is 8.18. The number of carbonyl (C=O) groups is 1. The van der Waals surface area contributed by atoms with Crippen molar-refractivity contribution in [1.82, 2.24) is 5.06 Å². The van der Waals surface area contributed by atoms with Crippen LogP contribution in [0.5, 0.6) is 0 Å². The van der Waals surface area contributed by atoms with Gasteiger partial charge in [-0.2, -0.15) is 0 Å². The molecule has 0 unspecified atom stereocenters. The third kappa shape index (κ3) is 2.59. The van der Waals surface area contributed by atoms with Gasteiger partial charge in [0.05, 0.1) is 11.5 Å². The van der Waals surface area contributed by atoms with Crippen molar-refractivity contribution in [3.05, 3.63) is 39.9 Å². The Kier molecular flexibility index (Phi) is 3.34. The molecule has 0 saturated carbocycles. The van der Waals surface area contributed by atoms with Crippen molar-refractivity contribution in [3.8, 4) is 0 Å². The number of amides is 1.